The maximum atomic E-state index is 10.4. The average molecular weight is 281 g/mol. The Hall–Kier alpha value is -1.88. The van der Waals surface area contributed by atoms with Crippen molar-refractivity contribution in [3.63, 3.8) is 0 Å². The second kappa shape index (κ2) is 11.0. The summed E-state index contributed by atoms with van der Waals surface area (Å²) in [6.07, 6.45) is 9.58. The standard InChI is InChI=1S/C9H14O.C6H9NO3/c1-4-5-6-7-9(2)8-10-3;8-4-7-3-1-2-5(7)6(9)10/h4-7H,1,8H2,2-3H3;4-5H,1-3H2,(H,9,10)/b6-5-,9-7+;. The van der Waals surface area contributed by atoms with Gasteiger partial charge in [0.2, 0.25) is 6.41 Å². The van der Waals surface area contributed by atoms with E-state index < -0.39 is 12.0 Å². The van der Waals surface area contributed by atoms with Gasteiger partial charge < -0.3 is 14.7 Å². The van der Waals surface area contributed by atoms with E-state index >= 15 is 0 Å². The monoisotopic (exact) mass is 281 g/mol. The Morgan fingerprint density at radius 2 is 2.20 bits per heavy atom. The molecule has 0 aromatic heterocycles. The SMILES string of the molecule is C=C/C=C\C=C(/C)COC.O=CN1CCCC1C(=O)O. The molecule has 20 heavy (non-hydrogen) atoms. The molecule has 5 nitrogen and oxygen atoms in total. The number of carbonyl (C=O) groups excluding carboxylic acids is 1. The first-order valence-electron chi connectivity index (χ1n) is 6.44. The van der Waals surface area contributed by atoms with Gasteiger partial charge in [-0.3, -0.25) is 4.79 Å². The molecule has 0 bridgehead atoms. The number of carboxylic acids is 1. The van der Waals surface area contributed by atoms with Crippen molar-refractivity contribution < 1.29 is 19.4 Å². The van der Waals surface area contributed by atoms with E-state index in [1.165, 1.54) is 10.5 Å². The number of hydrogen-bond acceptors (Lipinski definition) is 3. The van der Waals surface area contributed by atoms with Gasteiger partial charge in [0, 0.05) is 13.7 Å². The van der Waals surface area contributed by atoms with E-state index in [2.05, 4.69) is 6.58 Å². The second-order valence-corrected chi connectivity index (χ2v) is 4.41. The molecule has 112 valence electrons. The van der Waals surface area contributed by atoms with E-state index in [0.29, 0.717) is 26.0 Å². The third-order valence-electron chi connectivity index (χ3n) is 2.71. The molecule has 0 radical (unpaired) electrons. The number of nitrogens with zero attached hydrogens (tertiary/aromatic N) is 1. The predicted octanol–water partition coefficient (Wildman–Crippen LogP) is 2.01. The average Bonchev–Trinajstić information content (AvgIpc) is 2.88. The number of ether oxygens (including phenoxy) is 1. The topological polar surface area (TPSA) is 66.8 Å². The van der Waals surface area contributed by atoms with Crippen molar-refractivity contribution >= 4 is 12.4 Å². The van der Waals surface area contributed by atoms with Crippen molar-refractivity contribution in [2.45, 2.75) is 25.8 Å². The van der Waals surface area contributed by atoms with Crippen molar-refractivity contribution in [2.75, 3.05) is 20.3 Å². The van der Waals surface area contributed by atoms with Gasteiger partial charge in [-0.15, -0.1) is 0 Å². The number of carbonyl (C=O) groups is 2. The molecule has 1 amide bonds. The number of rotatable bonds is 6. The zero-order valence-corrected chi connectivity index (χ0v) is 12.1. The van der Waals surface area contributed by atoms with Gasteiger partial charge >= 0.3 is 5.97 Å². The Morgan fingerprint density at radius 1 is 1.50 bits per heavy atom. The molecule has 0 spiro atoms. The minimum atomic E-state index is -0.899. The van der Waals surface area contributed by atoms with Crippen molar-refractivity contribution in [3.05, 3.63) is 36.5 Å². The largest absolute Gasteiger partial charge is 0.480 e. The normalized spacial score (nSPS) is 18.6. The van der Waals surface area contributed by atoms with Crippen LogP contribution in [0, 0.1) is 0 Å². The van der Waals surface area contributed by atoms with Gasteiger partial charge in [0.25, 0.3) is 0 Å². The highest BCUT2D eigenvalue weighted by molar-refractivity contribution is 5.76. The number of hydrogen-bond donors (Lipinski definition) is 1. The van der Waals surface area contributed by atoms with Gasteiger partial charge in [-0.2, -0.15) is 0 Å². The molecule has 1 atom stereocenters. The fourth-order valence-electron chi connectivity index (χ4n) is 1.75. The molecule has 0 aromatic rings. The summed E-state index contributed by atoms with van der Waals surface area (Å²) in [6, 6.07) is -0.572. The summed E-state index contributed by atoms with van der Waals surface area (Å²) >= 11 is 0. The number of likely N-dealkylation sites (tertiary alicyclic amines) is 1. The molecule has 1 N–H and O–H groups in total. The van der Waals surface area contributed by atoms with E-state index in [-0.39, 0.29) is 0 Å². The summed E-state index contributed by atoms with van der Waals surface area (Å²) in [6.45, 7) is 6.86. The predicted molar refractivity (Wildman–Crippen MR) is 78.4 cm³/mol. The lowest BCUT2D eigenvalue weighted by molar-refractivity contribution is -0.144. The smallest absolute Gasteiger partial charge is 0.326 e. The van der Waals surface area contributed by atoms with Crippen LogP contribution in [-0.4, -0.2) is 48.7 Å². The number of aliphatic carboxylic acids is 1. The molecule has 1 fully saturated rings. The number of methoxy groups -OCH3 is 1. The lowest BCUT2D eigenvalue weighted by Gasteiger charge is -2.14. The minimum Gasteiger partial charge on any atom is -0.480 e. The van der Waals surface area contributed by atoms with Gasteiger partial charge in [0.15, 0.2) is 0 Å². The van der Waals surface area contributed by atoms with Crippen LogP contribution in [-0.2, 0) is 14.3 Å². The Morgan fingerprint density at radius 3 is 2.65 bits per heavy atom. The van der Waals surface area contributed by atoms with Gasteiger partial charge in [-0.1, -0.05) is 30.9 Å². The van der Waals surface area contributed by atoms with Gasteiger partial charge in [0.05, 0.1) is 6.61 Å². The highest BCUT2D eigenvalue weighted by atomic mass is 16.5. The molecule has 0 aromatic carbocycles. The van der Waals surface area contributed by atoms with Crippen LogP contribution in [0.3, 0.4) is 0 Å². The van der Waals surface area contributed by atoms with Crippen LogP contribution in [0.1, 0.15) is 19.8 Å². The molecule has 1 saturated heterocycles. The maximum Gasteiger partial charge on any atom is 0.326 e. The van der Waals surface area contributed by atoms with Crippen LogP contribution in [0.4, 0.5) is 0 Å². The van der Waals surface area contributed by atoms with Crippen molar-refractivity contribution in [2.24, 2.45) is 0 Å². The Kier molecular flexibility index (Phi) is 9.96. The van der Waals surface area contributed by atoms with Gasteiger partial charge in [-0.05, 0) is 25.3 Å². The molecule has 0 aliphatic carbocycles. The summed E-state index contributed by atoms with van der Waals surface area (Å²) in [7, 11) is 1.69. The van der Waals surface area contributed by atoms with Gasteiger partial charge in [-0.25, -0.2) is 4.79 Å². The summed E-state index contributed by atoms with van der Waals surface area (Å²) in [4.78, 5) is 21.9. The fraction of sp³-hybridized carbons (Fsp3) is 0.467. The first-order chi connectivity index (χ1) is 9.56. The quantitative estimate of drug-likeness (QED) is 0.597. The van der Waals surface area contributed by atoms with E-state index in [0.717, 1.165) is 6.42 Å². The molecule has 1 rings (SSSR count). The highest BCUT2D eigenvalue weighted by Gasteiger charge is 2.28. The lowest BCUT2D eigenvalue weighted by Crippen LogP contribution is -2.34. The van der Waals surface area contributed by atoms with Crippen LogP contribution >= 0.6 is 0 Å². The van der Waals surface area contributed by atoms with E-state index in [1.807, 2.05) is 25.2 Å². The third kappa shape index (κ3) is 7.53. The zero-order valence-electron chi connectivity index (χ0n) is 12.1. The molecule has 1 heterocycles. The number of allylic oxidation sites excluding steroid dienone is 4. The van der Waals surface area contributed by atoms with E-state index in [1.54, 1.807) is 13.2 Å². The maximum absolute atomic E-state index is 10.4. The van der Waals surface area contributed by atoms with Crippen LogP contribution in [0.15, 0.2) is 36.5 Å². The molecule has 5 heteroatoms. The van der Waals surface area contributed by atoms with Crippen LogP contribution < -0.4 is 0 Å². The first-order valence-corrected chi connectivity index (χ1v) is 6.44. The Bertz CT molecular complexity index is 374. The number of amides is 1. The molecule has 1 aliphatic rings. The molecule has 0 saturated carbocycles. The van der Waals surface area contributed by atoms with Gasteiger partial charge in [0.1, 0.15) is 6.04 Å². The fourth-order valence-corrected chi connectivity index (χ4v) is 1.75. The summed E-state index contributed by atoms with van der Waals surface area (Å²) in [5.74, 6) is -0.899. The molecule has 1 unspecified atom stereocenters. The van der Waals surface area contributed by atoms with Crippen molar-refractivity contribution in [1.82, 2.24) is 4.90 Å². The number of carboxylic acid groups (broad SMARTS) is 1. The summed E-state index contributed by atoms with van der Waals surface area (Å²) in [5.41, 5.74) is 1.21. The summed E-state index contributed by atoms with van der Waals surface area (Å²) < 4.78 is 4.91. The molecular weight excluding hydrogens is 258 g/mol. The third-order valence-corrected chi connectivity index (χ3v) is 2.71. The Labute approximate surface area is 120 Å². The lowest BCUT2D eigenvalue weighted by atomic mass is 10.2. The first kappa shape index (κ1) is 18.1. The molecular formula is C15H23NO4. The Balaban J connectivity index is 0.000000361. The minimum absolute atomic E-state index is 0.572. The summed E-state index contributed by atoms with van der Waals surface area (Å²) in [5, 5.41) is 8.51. The van der Waals surface area contributed by atoms with E-state index in [4.69, 9.17) is 9.84 Å². The van der Waals surface area contributed by atoms with Crippen LogP contribution in [0.5, 0.6) is 0 Å². The second-order valence-electron chi connectivity index (χ2n) is 4.41. The van der Waals surface area contributed by atoms with Crippen LogP contribution in [0.25, 0.3) is 0 Å². The van der Waals surface area contributed by atoms with Crippen LogP contribution in [0.2, 0.25) is 0 Å². The van der Waals surface area contributed by atoms with Crippen molar-refractivity contribution in [3.8, 4) is 0 Å². The van der Waals surface area contributed by atoms with Crippen molar-refractivity contribution in [1.29, 1.82) is 0 Å². The highest BCUT2D eigenvalue weighted by Crippen LogP contribution is 2.14. The molecule has 1 aliphatic heterocycles. The van der Waals surface area contributed by atoms with E-state index in [9.17, 15) is 9.59 Å². The zero-order chi connectivity index (χ0) is 15.4.